The Kier molecular flexibility index (Phi) is 2.59. The Morgan fingerprint density at radius 1 is 1.57 bits per heavy atom. The summed E-state index contributed by atoms with van der Waals surface area (Å²) in [5, 5.41) is 10.2. The molecule has 1 N–H and O–H groups in total. The molecule has 0 amide bonds. The summed E-state index contributed by atoms with van der Waals surface area (Å²) < 4.78 is 175. The van der Waals surface area contributed by atoms with E-state index in [1.165, 1.54) is 0 Å². The Hall–Kier alpha value is -1.62. The molecule has 3 aliphatic rings. The maximum Gasteiger partial charge on any atom is 0.311 e. The highest BCUT2D eigenvalue weighted by Gasteiger charge is 2.43. The maximum atomic E-state index is 14.0. The summed E-state index contributed by atoms with van der Waals surface area (Å²) in [6.45, 7) is -9.92. The van der Waals surface area contributed by atoms with Gasteiger partial charge in [-0.25, -0.2) is 0 Å². The van der Waals surface area contributed by atoms with Gasteiger partial charge in [0.25, 0.3) is 0 Å². The second-order valence-corrected chi connectivity index (χ2v) is 7.70. The van der Waals surface area contributed by atoms with Gasteiger partial charge in [0, 0.05) is 35.6 Å². The molecule has 30 heavy (non-hydrogen) atoms. The first-order chi connectivity index (χ1) is 22.0. The van der Waals surface area contributed by atoms with Crippen LogP contribution in [0.25, 0.3) is 0 Å². The highest BCUT2D eigenvalue weighted by Crippen LogP contribution is 2.45. The number of carbonyl (C=O) groups excluding carboxylic acids is 2. The number of hydrogen-bond donors (Lipinski definition) is 1. The number of esters is 2. The quantitative estimate of drug-likeness (QED) is 0.614. The Balaban J connectivity index is 2.34. The minimum absolute atomic E-state index is 0.348. The third-order valence-corrected chi connectivity index (χ3v) is 5.33. The number of aliphatic hydroxyl groups is 1. The fourth-order valence-electron chi connectivity index (χ4n) is 3.69. The number of ether oxygens (including phenoxy) is 2. The normalized spacial score (nSPS) is 58.9. The van der Waals surface area contributed by atoms with E-state index >= 15 is 0 Å². The van der Waals surface area contributed by atoms with Crippen molar-refractivity contribution in [3.63, 3.8) is 0 Å². The second kappa shape index (κ2) is 9.25. The molecule has 0 spiro atoms. The van der Waals surface area contributed by atoms with E-state index in [1.807, 2.05) is 0 Å². The van der Waals surface area contributed by atoms with Crippen molar-refractivity contribution in [1.82, 2.24) is 0 Å². The lowest BCUT2D eigenvalue weighted by Gasteiger charge is -2.44. The topological polar surface area (TPSA) is 72.8 Å². The zero-order valence-electron chi connectivity index (χ0n) is 36.6. The molecule has 3 unspecified atom stereocenters. The molecule has 168 valence electrons. The summed E-state index contributed by atoms with van der Waals surface area (Å²) in [5.41, 5.74) is -4.44. The molecule has 0 radical (unpaired) electrons. The average Bonchev–Trinajstić information content (AvgIpc) is 2.93. The number of allylic oxidation sites excluding steroid dienone is 3. The van der Waals surface area contributed by atoms with E-state index in [9.17, 15) is 14.7 Å². The van der Waals surface area contributed by atoms with Gasteiger partial charge >= 0.3 is 11.9 Å². The average molecular weight is 439 g/mol. The Bertz CT molecular complexity index is 1460. The van der Waals surface area contributed by atoms with Gasteiger partial charge in [0.1, 0.15) is 12.2 Å². The molecule has 0 saturated carbocycles. The van der Waals surface area contributed by atoms with Crippen LogP contribution in [0.2, 0.25) is 0 Å². The van der Waals surface area contributed by atoms with Gasteiger partial charge in [-0.1, -0.05) is 38.8 Å². The summed E-state index contributed by atoms with van der Waals surface area (Å²) in [7, 11) is 0. The first kappa shape index (κ1) is 8.38. The van der Waals surface area contributed by atoms with Crippen molar-refractivity contribution in [3.8, 4) is 0 Å². The highest BCUT2D eigenvalue weighted by atomic mass is 16.6. The van der Waals surface area contributed by atoms with Crippen LogP contribution in [-0.2, 0) is 19.1 Å². The van der Waals surface area contributed by atoms with Crippen LogP contribution < -0.4 is 0 Å². The van der Waals surface area contributed by atoms with Crippen molar-refractivity contribution in [1.29, 1.82) is 0 Å². The Labute approximate surface area is 209 Å². The summed E-state index contributed by atoms with van der Waals surface area (Å²) in [5.74, 6) is -13.2. The van der Waals surface area contributed by atoms with Gasteiger partial charge in [0.2, 0.25) is 0 Å². The van der Waals surface area contributed by atoms with Crippen molar-refractivity contribution in [2.24, 2.45) is 29.0 Å². The number of carbonyl (C=O) groups is 2. The van der Waals surface area contributed by atoms with Crippen LogP contribution in [0, 0.1) is 29.0 Å². The number of hydrogen-bond acceptors (Lipinski definition) is 5. The minimum atomic E-state index is -3.91. The van der Waals surface area contributed by atoms with Crippen molar-refractivity contribution in [2.45, 2.75) is 91.1 Å². The largest absolute Gasteiger partial charge is 0.462 e. The van der Waals surface area contributed by atoms with Crippen molar-refractivity contribution in [3.05, 3.63) is 23.7 Å². The second-order valence-electron chi connectivity index (χ2n) is 7.70. The van der Waals surface area contributed by atoms with Gasteiger partial charge in [0.05, 0.1) is 22.0 Å². The molecule has 3 rings (SSSR count). The first-order valence-electron chi connectivity index (χ1n) is 19.5. The number of aliphatic hydroxyl groups excluding tert-OH is 1. The van der Waals surface area contributed by atoms with Gasteiger partial charge in [-0.15, -0.1) is 0 Å². The third kappa shape index (κ3) is 5.16. The van der Waals surface area contributed by atoms with Crippen LogP contribution in [0.3, 0.4) is 0 Å². The number of cyclic esters (lactones) is 1. The van der Waals surface area contributed by atoms with E-state index in [0.29, 0.717) is 6.92 Å². The first-order valence-corrected chi connectivity index (χ1v) is 9.50. The SMILES string of the molecule is [2H]C1=C([2H])[C@]([2H])(C)[C@H](CCC2C[C@@H](O)C([2H])([2H])C(=O)O2)[C@@H]2C1=C([2H])[C@]([2H])(C([2H])([2H])[2H])C([2H])([2H])C2OC(=O)C(C)(C([2H])([2H])[2H])C([2H])([2H])C([2H])([2H])[2H]. The van der Waals surface area contributed by atoms with Crippen molar-refractivity contribution in [2.75, 3.05) is 0 Å². The molecule has 1 saturated heterocycles. The van der Waals surface area contributed by atoms with Gasteiger partial charge < -0.3 is 14.6 Å². The van der Waals surface area contributed by atoms with Crippen molar-refractivity contribution < 1.29 is 51.6 Å². The summed E-state index contributed by atoms with van der Waals surface area (Å²) >= 11 is 0. The number of fused-ring (bicyclic) bond motifs is 1. The van der Waals surface area contributed by atoms with Crippen LogP contribution in [0.15, 0.2) is 23.7 Å². The smallest absolute Gasteiger partial charge is 0.311 e. The van der Waals surface area contributed by atoms with Crippen LogP contribution >= 0.6 is 0 Å². The molecular formula is C25H38O5. The predicted octanol–water partition coefficient (Wildman–Crippen LogP) is 4.59. The van der Waals surface area contributed by atoms with Gasteiger partial charge in [-0.2, -0.15) is 0 Å². The molecule has 0 bridgehead atoms. The van der Waals surface area contributed by atoms with E-state index in [4.69, 9.17) is 36.9 Å². The van der Waals surface area contributed by atoms with Crippen LogP contribution in [0.4, 0.5) is 0 Å². The zero-order chi connectivity index (χ0) is 39.4. The van der Waals surface area contributed by atoms with E-state index in [1.54, 1.807) is 0 Å². The zero-order valence-corrected chi connectivity index (χ0v) is 16.6. The van der Waals surface area contributed by atoms with Gasteiger partial charge in [-0.05, 0) is 62.6 Å². The molecule has 1 heterocycles. The predicted molar refractivity (Wildman–Crippen MR) is 115 cm³/mol. The minimum Gasteiger partial charge on any atom is -0.462 e. The highest BCUT2D eigenvalue weighted by molar-refractivity contribution is 5.76. The van der Waals surface area contributed by atoms with Gasteiger partial charge in [-0.3, -0.25) is 9.59 Å². The van der Waals surface area contributed by atoms with Gasteiger partial charge in [0.15, 0.2) is 0 Å². The molecule has 0 aromatic heterocycles. The van der Waals surface area contributed by atoms with Crippen LogP contribution in [0.1, 0.15) is 100 Å². The lowest BCUT2D eigenvalue weighted by molar-refractivity contribution is -0.166. The summed E-state index contributed by atoms with van der Waals surface area (Å²) in [4.78, 5) is 26.2. The molecule has 2 aliphatic carbocycles. The standard InChI is InChI=1S/C25H38O5/c1-6-25(4,5)24(28)30-21-12-15(2)11-17-8-7-16(3)20(23(17)21)10-9-19-13-18(26)14-22(27)29-19/h7-8,11,15-16,18-21,23,26H,6,9-10,12-14H2,1-5H3/t15-,16-,18+,19?,20-,21?,23-/m0/s1/i1D3,2D3,4D3,6D2,7D,8D,11D,12D2,14D2,15D,16D/t15-,16-,18+,19?,20-,21?,23-,25?. The maximum absolute atomic E-state index is 14.0. The summed E-state index contributed by atoms with van der Waals surface area (Å²) in [6.07, 6.45) is -17.5. The molecule has 1 aliphatic heterocycles. The molecular weight excluding hydrogens is 380 g/mol. The molecule has 8 atom stereocenters. The molecule has 5 heteroatoms. The number of rotatable bonds is 6. The fraction of sp³-hybridized carbons (Fsp3) is 0.760. The molecule has 0 aromatic rings. The fourth-order valence-corrected chi connectivity index (χ4v) is 3.69. The lowest BCUT2D eigenvalue weighted by atomic mass is 9.65. The Morgan fingerprint density at radius 2 is 2.40 bits per heavy atom. The van der Waals surface area contributed by atoms with Crippen LogP contribution in [-0.4, -0.2) is 35.4 Å². The Morgan fingerprint density at radius 3 is 3.10 bits per heavy atom. The van der Waals surface area contributed by atoms with E-state index in [-0.39, 0.29) is 6.42 Å². The third-order valence-electron chi connectivity index (χ3n) is 5.33. The monoisotopic (exact) mass is 438 g/mol. The molecule has 0 aromatic carbocycles. The lowest BCUT2D eigenvalue weighted by Crippen LogP contribution is -2.43. The summed E-state index contributed by atoms with van der Waals surface area (Å²) in [6, 6.07) is -3.20. The van der Waals surface area contributed by atoms with E-state index in [0.717, 1.165) is 6.92 Å². The van der Waals surface area contributed by atoms with E-state index in [2.05, 4.69) is 0 Å². The molecule has 5 nitrogen and oxygen atoms in total. The molecule has 1 fully saturated rings. The van der Waals surface area contributed by atoms with Crippen molar-refractivity contribution >= 4 is 11.9 Å². The van der Waals surface area contributed by atoms with Crippen LogP contribution in [0.5, 0.6) is 0 Å². The van der Waals surface area contributed by atoms with E-state index < -0.39 is 136 Å².